The molecule has 1 heterocycles. The predicted molar refractivity (Wildman–Crippen MR) is 103 cm³/mol. The van der Waals surface area contributed by atoms with Crippen LogP contribution in [-0.2, 0) is 22.7 Å². The lowest BCUT2D eigenvalue weighted by Gasteiger charge is -2.52. The fraction of sp³-hybridized carbons (Fsp3) is 0.435. The number of ether oxygens (including phenoxy) is 1. The van der Waals surface area contributed by atoms with Gasteiger partial charge in [0.1, 0.15) is 0 Å². The highest BCUT2D eigenvalue weighted by Crippen LogP contribution is 2.46. The molecule has 26 heavy (non-hydrogen) atoms. The Bertz CT molecular complexity index is 746. The summed E-state index contributed by atoms with van der Waals surface area (Å²) in [4.78, 5) is 14.8. The fourth-order valence-corrected chi connectivity index (χ4v) is 4.26. The molecule has 0 atom stereocenters. The molecule has 1 aliphatic carbocycles. The molecule has 0 unspecified atom stereocenters. The molecule has 1 amide bonds. The summed E-state index contributed by atoms with van der Waals surface area (Å²) in [5.74, 6) is 0.347. The van der Waals surface area contributed by atoms with E-state index in [4.69, 9.17) is 4.74 Å². The summed E-state index contributed by atoms with van der Waals surface area (Å²) < 4.78 is 6.07. The number of carbonyl (C=O) groups excluding carboxylic acids is 1. The van der Waals surface area contributed by atoms with Crippen LogP contribution in [0.2, 0.25) is 0 Å². The maximum absolute atomic E-state index is 12.8. The second-order valence-electron chi connectivity index (χ2n) is 7.92. The standard InChI is InChI=1S/C23H27NO2/c1-18-7-9-19(10-8-18)15-24-17-23(22(24)25)13-11-21(12-14-23)26-16-20-5-3-2-4-6-20/h2-10,21H,11-17H2,1H3. The van der Waals surface area contributed by atoms with Crippen molar-refractivity contribution in [2.45, 2.75) is 51.9 Å². The molecule has 2 fully saturated rings. The highest BCUT2D eigenvalue weighted by atomic mass is 16.5. The van der Waals surface area contributed by atoms with E-state index >= 15 is 0 Å². The average molecular weight is 349 g/mol. The van der Waals surface area contributed by atoms with Crippen molar-refractivity contribution >= 4 is 5.91 Å². The number of hydrogen-bond donors (Lipinski definition) is 0. The first-order valence-electron chi connectivity index (χ1n) is 9.65. The Morgan fingerprint density at radius 1 is 1.00 bits per heavy atom. The van der Waals surface area contributed by atoms with E-state index in [0.29, 0.717) is 18.6 Å². The minimum Gasteiger partial charge on any atom is -0.374 e. The van der Waals surface area contributed by atoms with Crippen molar-refractivity contribution in [3.05, 3.63) is 71.3 Å². The molecule has 0 radical (unpaired) electrons. The number of amides is 1. The SMILES string of the molecule is Cc1ccc(CN2CC3(CCC(OCc4ccccc4)CC3)C2=O)cc1. The first-order chi connectivity index (χ1) is 12.6. The molecule has 3 nitrogen and oxygen atoms in total. The zero-order valence-corrected chi connectivity index (χ0v) is 15.5. The van der Waals surface area contributed by atoms with E-state index in [2.05, 4.69) is 43.3 Å². The molecule has 2 aromatic rings. The highest BCUT2D eigenvalue weighted by Gasteiger charge is 2.52. The summed E-state index contributed by atoms with van der Waals surface area (Å²) >= 11 is 0. The van der Waals surface area contributed by atoms with Crippen LogP contribution in [0.5, 0.6) is 0 Å². The van der Waals surface area contributed by atoms with E-state index in [1.54, 1.807) is 0 Å². The van der Waals surface area contributed by atoms with Gasteiger partial charge in [-0.05, 0) is 43.7 Å². The summed E-state index contributed by atoms with van der Waals surface area (Å²) in [6, 6.07) is 18.8. The van der Waals surface area contributed by atoms with Gasteiger partial charge >= 0.3 is 0 Å². The Balaban J connectivity index is 1.25. The summed E-state index contributed by atoms with van der Waals surface area (Å²) in [5.41, 5.74) is 3.60. The molecule has 0 N–H and O–H groups in total. The van der Waals surface area contributed by atoms with Crippen LogP contribution in [0.1, 0.15) is 42.4 Å². The molecule has 3 heteroatoms. The van der Waals surface area contributed by atoms with Crippen molar-refractivity contribution in [2.24, 2.45) is 5.41 Å². The van der Waals surface area contributed by atoms with Crippen LogP contribution in [0.15, 0.2) is 54.6 Å². The summed E-state index contributed by atoms with van der Waals surface area (Å²) in [7, 11) is 0. The maximum atomic E-state index is 12.8. The Hall–Kier alpha value is -2.13. The van der Waals surface area contributed by atoms with Crippen molar-refractivity contribution in [3.8, 4) is 0 Å². The van der Waals surface area contributed by atoms with E-state index in [-0.39, 0.29) is 5.41 Å². The molecular weight excluding hydrogens is 322 g/mol. The number of β-lactam (4-membered cyclic amide) rings is 1. The Labute approximate surface area is 156 Å². The first kappa shape index (κ1) is 17.3. The number of rotatable bonds is 5. The van der Waals surface area contributed by atoms with E-state index in [9.17, 15) is 4.79 Å². The number of likely N-dealkylation sites (tertiary alicyclic amines) is 1. The minimum absolute atomic E-state index is 0.0999. The molecule has 1 saturated heterocycles. The van der Waals surface area contributed by atoms with Crippen LogP contribution in [0, 0.1) is 12.3 Å². The lowest BCUT2D eigenvalue weighted by Crippen LogP contribution is -2.62. The zero-order valence-electron chi connectivity index (χ0n) is 15.5. The smallest absolute Gasteiger partial charge is 0.230 e. The van der Waals surface area contributed by atoms with Gasteiger partial charge < -0.3 is 9.64 Å². The number of aryl methyl sites for hydroxylation is 1. The quantitative estimate of drug-likeness (QED) is 0.745. The Kier molecular flexibility index (Phi) is 4.82. The van der Waals surface area contributed by atoms with Gasteiger partial charge in [0, 0.05) is 13.1 Å². The van der Waals surface area contributed by atoms with Crippen molar-refractivity contribution in [2.75, 3.05) is 6.54 Å². The number of nitrogens with zero attached hydrogens (tertiary/aromatic N) is 1. The molecule has 1 aliphatic heterocycles. The summed E-state index contributed by atoms with van der Waals surface area (Å²) in [5, 5.41) is 0. The second kappa shape index (κ2) is 7.24. The zero-order chi connectivity index (χ0) is 18.0. The van der Waals surface area contributed by atoms with Crippen LogP contribution in [0.3, 0.4) is 0 Å². The van der Waals surface area contributed by atoms with Gasteiger partial charge in [-0.3, -0.25) is 4.79 Å². The van der Waals surface area contributed by atoms with Crippen molar-refractivity contribution in [3.63, 3.8) is 0 Å². The van der Waals surface area contributed by atoms with E-state index < -0.39 is 0 Å². The second-order valence-corrected chi connectivity index (χ2v) is 7.92. The monoisotopic (exact) mass is 349 g/mol. The van der Waals surface area contributed by atoms with Gasteiger partial charge in [-0.1, -0.05) is 60.2 Å². The number of benzene rings is 2. The van der Waals surface area contributed by atoms with Crippen LogP contribution < -0.4 is 0 Å². The lowest BCUT2D eigenvalue weighted by atomic mass is 9.67. The topological polar surface area (TPSA) is 29.5 Å². The van der Waals surface area contributed by atoms with Crippen LogP contribution in [-0.4, -0.2) is 23.5 Å². The van der Waals surface area contributed by atoms with Gasteiger partial charge in [-0.2, -0.15) is 0 Å². The molecule has 2 aliphatic rings. The Morgan fingerprint density at radius 3 is 2.35 bits per heavy atom. The molecular formula is C23H27NO2. The number of carbonyl (C=O) groups is 1. The largest absolute Gasteiger partial charge is 0.374 e. The van der Waals surface area contributed by atoms with Crippen molar-refractivity contribution in [1.82, 2.24) is 4.90 Å². The van der Waals surface area contributed by atoms with Gasteiger partial charge in [0.25, 0.3) is 0 Å². The van der Waals surface area contributed by atoms with Gasteiger partial charge in [0.05, 0.1) is 18.1 Å². The minimum atomic E-state index is -0.0999. The molecule has 1 spiro atoms. The molecule has 0 bridgehead atoms. The normalized spacial score (nSPS) is 25.3. The third-order valence-corrected chi connectivity index (χ3v) is 5.95. The fourth-order valence-electron chi connectivity index (χ4n) is 4.26. The first-order valence-corrected chi connectivity index (χ1v) is 9.65. The van der Waals surface area contributed by atoms with Crippen LogP contribution in [0.4, 0.5) is 0 Å². The van der Waals surface area contributed by atoms with E-state index in [0.717, 1.165) is 38.8 Å². The summed E-state index contributed by atoms with van der Waals surface area (Å²) in [6.45, 7) is 4.41. The number of hydrogen-bond acceptors (Lipinski definition) is 2. The van der Waals surface area contributed by atoms with Crippen molar-refractivity contribution < 1.29 is 9.53 Å². The third-order valence-electron chi connectivity index (χ3n) is 5.95. The molecule has 136 valence electrons. The highest BCUT2D eigenvalue weighted by molar-refractivity contribution is 5.88. The van der Waals surface area contributed by atoms with Crippen LogP contribution >= 0.6 is 0 Å². The molecule has 4 rings (SSSR count). The van der Waals surface area contributed by atoms with Crippen LogP contribution in [0.25, 0.3) is 0 Å². The molecule has 0 aromatic heterocycles. The Morgan fingerprint density at radius 2 is 1.69 bits per heavy atom. The predicted octanol–water partition coefficient (Wildman–Crippen LogP) is 4.48. The van der Waals surface area contributed by atoms with E-state index in [1.165, 1.54) is 16.7 Å². The van der Waals surface area contributed by atoms with Gasteiger partial charge in [0.15, 0.2) is 0 Å². The van der Waals surface area contributed by atoms with Crippen molar-refractivity contribution in [1.29, 1.82) is 0 Å². The maximum Gasteiger partial charge on any atom is 0.230 e. The average Bonchev–Trinajstić information content (AvgIpc) is 2.69. The van der Waals surface area contributed by atoms with E-state index in [1.807, 2.05) is 23.1 Å². The summed E-state index contributed by atoms with van der Waals surface area (Å²) in [6.07, 6.45) is 4.22. The third kappa shape index (κ3) is 3.54. The lowest BCUT2D eigenvalue weighted by molar-refractivity contribution is -0.168. The van der Waals surface area contributed by atoms with Gasteiger partial charge in [0.2, 0.25) is 5.91 Å². The molecule has 1 saturated carbocycles. The molecule has 2 aromatic carbocycles. The van der Waals surface area contributed by atoms with Gasteiger partial charge in [-0.25, -0.2) is 0 Å². The van der Waals surface area contributed by atoms with Gasteiger partial charge in [-0.15, -0.1) is 0 Å².